The number of fused-ring (bicyclic) bond motifs is 2. The Morgan fingerprint density at radius 1 is 1.06 bits per heavy atom. The van der Waals surface area contributed by atoms with E-state index in [-0.39, 0.29) is 30.6 Å². The van der Waals surface area contributed by atoms with E-state index in [1.54, 1.807) is 24.4 Å². The fourth-order valence-electron chi connectivity index (χ4n) is 4.21. The summed E-state index contributed by atoms with van der Waals surface area (Å²) in [6.07, 6.45) is 1.62. The highest BCUT2D eigenvalue weighted by Gasteiger charge is 2.18. The van der Waals surface area contributed by atoms with Crippen LogP contribution in [0.4, 0.5) is 4.39 Å². The number of benzene rings is 2. The molecule has 1 aliphatic heterocycles. The van der Waals surface area contributed by atoms with Crippen LogP contribution in [0, 0.1) is 19.7 Å². The summed E-state index contributed by atoms with van der Waals surface area (Å²) in [5.74, 6) is 0.702. The van der Waals surface area contributed by atoms with Crippen molar-refractivity contribution in [2.45, 2.75) is 33.5 Å². The molecule has 1 N–H and O–H groups in total. The Kier molecular flexibility index (Phi) is 5.53. The van der Waals surface area contributed by atoms with Crippen LogP contribution in [-0.4, -0.2) is 27.0 Å². The Balaban J connectivity index is 1.34. The van der Waals surface area contributed by atoms with E-state index in [9.17, 15) is 14.0 Å². The van der Waals surface area contributed by atoms with E-state index in [2.05, 4.69) is 10.4 Å². The Morgan fingerprint density at radius 2 is 1.79 bits per heavy atom. The normalized spacial score (nSPS) is 12.3. The molecule has 5 rings (SSSR count). The molecular formula is C25H23FN4O4. The van der Waals surface area contributed by atoms with Crippen LogP contribution >= 0.6 is 0 Å². The van der Waals surface area contributed by atoms with Crippen LogP contribution in [0.2, 0.25) is 0 Å². The number of rotatable bonds is 6. The van der Waals surface area contributed by atoms with Gasteiger partial charge in [0, 0.05) is 29.9 Å². The van der Waals surface area contributed by atoms with Crippen LogP contribution < -0.4 is 20.3 Å². The molecule has 0 fully saturated rings. The van der Waals surface area contributed by atoms with Gasteiger partial charge in [0.25, 0.3) is 5.56 Å². The zero-order valence-electron chi connectivity index (χ0n) is 18.8. The number of hydrogen-bond acceptors (Lipinski definition) is 5. The number of aryl methyl sites for hydroxylation is 2. The maximum absolute atomic E-state index is 13.3. The number of carbonyl (C=O) groups is 1. The van der Waals surface area contributed by atoms with Gasteiger partial charge in [0.05, 0.1) is 11.6 Å². The predicted octanol–water partition coefficient (Wildman–Crippen LogP) is 3.05. The smallest absolute Gasteiger partial charge is 0.276 e. The lowest BCUT2D eigenvalue weighted by atomic mass is 10.2. The molecule has 0 bridgehead atoms. The van der Waals surface area contributed by atoms with Crippen molar-refractivity contribution in [1.29, 1.82) is 0 Å². The molecule has 0 aliphatic carbocycles. The molecule has 0 radical (unpaired) electrons. The summed E-state index contributed by atoms with van der Waals surface area (Å²) < 4.78 is 27.1. The lowest BCUT2D eigenvalue weighted by Gasteiger charge is -2.09. The highest BCUT2D eigenvalue weighted by Crippen LogP contribution is 2.32. The largest absolute Gasteiger partial charge is 0.454 e. The van der Waals surface area contributed by atoms with Gasteiger partial charge in [-0.3, -0.25) is 9.59 Å². The monoisotopic (exact) mass is 462 g/mol. The third-order valence-electron chi connectivity index (χ3n) is 6.08. The maximum atomic E-state index is 13.3. The first-order chi connectivity index (χ1) is 16.4. The van der Waals surface area contributed by atoms with Gasteiger partial charge in [0.1, 0.15) is 12.4 Å². The van der Waals surface area contributed by atoms with Crippen LogP contribution in [0.5, 0.6) is 11.5 Å². The minimum absolute atomic E-state index is 0.187. The van der Waals surface area contributed by atoms with Crippen molar-refractivity contribution in [2.24, 2.45) is 0 Å². The SMILES string of the molecule is Cc1c2cnn(CC(=O)NCc3ccc4c(c3)OCO4)c(=O)c2c(C)n1Cc1ccc(F)cc1. The number of carbonyl (C=O) groups excluding carboxylic acids is 1. The maximum Gasteiger partial charge on any atom is 0.276 e. The lowest BCUT2D eigenvalue weighted by molar-refractivity contribution is -0.122. The van der Waals surface area contributed by atoms with E-state index in [0.29, 0.717) is 30.0 Å². The molecule has 2 aromatic heterocycles. The molecule has 1 amide bonds. The average Bonchev–Trinajstić information content (AvgIpc) is 3.39. The first kappa shape index (κ1) is 21.7. The van der Waals surface area contributed by atoms with Crippen LogP contribution in [0.25, 0.3) is 10.8 Å². The number of ether oxygens (including phenoxy) is 2. The fraction of sp³-hybridized carbons (Fsp3) is 0.240. The summed E-state index contributed by atoms with van der Waals surface area (Å²) >= 11 is 0. The van der Waals surface area contributed by atoms with Crippen molar-refractivity contribution in [1.82, 2.24) is 19.7 Å². The summed E-state index contributed by atoms with van der Waals surface area (Å²) in [4.78, 5) is 25.7. The Bertz CT molecular complexity index is 1460. The van der Waals surface area contributed by atoms with Crippen LogP contribution in [0.15, 0.2) is 53.5 Å². The zero-order valence-corrected chi connectivity index (χ0v) is 18.8. The molecule has 0 unspecified atom stereocenters. The van der Waals surface area contributed by atoms with E-state index in [0.717, 1.165) is 27.9 Å². The summed E-state index contributed by atoms with van der Waals surface area (Å²) in [5.41, 5.74) is 3.12. The fourth-order valence-corrected chi connectivity index (χ4v) is 4.21. The van der Waals surface area contributed by atoms with E-state index >= 15 is 0 Å². The van der Waals surface area contributed by atoms with Crippen LogP contribution in [0.3, 0.4) is 0 Å². The van der Waals surface area contributed by atoms with Gasteiger partial charge in [-0.05, 0) is 49.2 Å². The Labute approximate surface area is 194 Å². The Morgan fingerprint density at radius 3 is 2.59 bits per heavy atom. The van der Waals surface area contributed by atoms with Crippen LogP contribution in [-0.2, 0) is 24.4 Å². The van der Waals surface area contributed by atoms with E-state index in [4.69, 9.17) is 9.47 Å². The molecule has 0 atom stereocenters. The summed E-state index contributed by atoms with van der Waals surface area (Å²) in [7, 11) is 0. The molecular weight excluding hydrogens is 439 g/mol. The zero-order chi connectivity index (χ0) is 23.8. The van der Waals surface area contributed by atoms with E-state index < -0.39 is 0 Å². The van der Waals surface area contributed by atoms with Gasteiger partial charge in [0.15, 0.2) is 11.5 Å². The third-order valence-corrected chi connectivity index (χ3v) is 6.08. The third kappa shape index (κ3) is 4.00. The quantitative estimate of drug-likeness (QED) is 0.476. The molecule has 0 spiro atoms. The summed E-state index contributed by atoms with van der Waals surface area (Å²) in [6.45, 7) is 4.57. The highest BCUT2D eigenvalue weighted by molar-refractivity contribution is 5.87. The number of nitrogens with one attached hydrogen (secondary N) is 1. The van der Waals surface area contributed by atoms with Crippen molar-refractivity contribution < 1.29 is 18.7 Å². The lowest BCUT2D eigenvalue weighted by Crippen LogP contribution is -2.33. The second-order valence-corrected chi connectivity index (χ2v) is 8.24. The number of aromatic nitrogens is 3. The van der Waals surface area contributed by atoms with Crippen molar-refractivity contribution in [3.05, 3.63) is 87.3 Å². The van der Waals surface area contributed by atoms with Crippen molar-refractivity contribution in [3.63, 3.8) is 0 Å². The van der Waals surface area contributed by atoms with Gasteiger partial charge in [-0.1, -0.05) is 18.2 Å². The van der Waals surface area contributed by atoms with Crippen molar-refractivity contribution >= 4 is 16.7 Å². The highest BCUT2D eigenvalue weighted by atomic mass is 19.1. The molecule has 34 heavy (non-hydrogen) atoms. The van der Waals surface area contributed by atoms with Gasteiger partial charge in [-0.15, -0.1) is 0 Å². The molecule has 9 heteroatoms. The second-order valence-electron chi connectivity index (χ2n) is 8.24. The van der Waals surface area contributed by atoms with E-state index in [1.165, 1.54) is 16.8 Å². The van der Waals surface area contributed by atoms with Crippen molar-refractivity contribution in [3.8, 4) is 11.5 Å². The molecule has 174 valence electrons. The number of amides is 1. The standard InChI is InChI=1S/C25H23FN4O4/c1-15-20-11-28-30(13-23(31)27-10-18-5-8-21-22(9-18)34-14-33-21)25(32)24(20)16(2)29(15)12-17-3-6-19(26)7-4-17/h3-9,11H,10,12-14H2,1-2H3,(H,27,31). The van der Waals surface area contributed by atoms with Gasteiger partial charge < -0.3 is 19.4 Å². The topological polar surface area (TPSA) is 87.4 Å². The van der Waals surface area contributed by atoms with Crippen molar-refractivity contribution in [2.75, 3.05) is 6.79 Å². The average molecular weight is 462 g/mol. The number of hydrogen-bond donors (Lipinski definition) is 1. The van der Waals surface area contributed by atoms with Gasteiger partial charge in [-0.2, -0.15) is 5.10 Å². The summed E-state index contributed by atoms with van der Waals surface area (Å²) in [5, 5.41) is 8.30. The van der Waals surface area contributed by atoms with Gasteiger partial charge in [0.2, 0.25) is 12.7 Å². The molecule has 2 aromatic carbocycles. The number of halogens is 1. The van der Waals surface area contributed by atoms with Crippen LogP contribution in [0.1, 0.15) is 22.5 Å². The second kappa shape index (κ2) is 8.66. The molecule has 4 aromatic rings. The van der Waals surface area contributed by atoms with E-state index in [1.807, 2.05) is 30.5 Å². The first-order valence-electron chi connectivity index (χ1n) is 10.9. The molecule has 0 saturated heterocycles. The molecule has 0 saturated carbocycles. The minimum atomic E-state index is -0.327. The number of nitrogens with zero attached hydrogens (tertiary/aromatic N) is 3. The molecule has 3 heterocycles. The molecule has 8 nitrogen and oxygen atoms in total. The minimum Gasteiger partial charge on any atom is -0.454 e. The first-order valence-corrected chi connectivity index (χ1v) is 10.9. The predicted molar refractivity (Wildman–Crippen MR) is 123 cm³/mol. The molecule has 1 aliphatic rings. The van der Waals surface area contributed by atoms with Gasteiger partial charge in [-0.25, -0.2) is 9.07 Å². The Hall–Kier alpha value is -4.14. The van der Waals surface area contributed by atoms with Gasteiger partial charge >= 0.3 is 0 Å². The summed E-state index contributed by atoms with van der Waals surface area (Å²) in [6, 6.07) is 11.7.